The molecule has 4 atom stereocenters. The van der Waals surface area contributed by atoms with Gasteiger partial charge in [0, 0.05) is 12.5 Å². The van der Waals surface area contributed by atoms with E-state index in [1.165, 1.54) is 42.6 Å². The second kappa shape index (κ2) is 7.75. The Balaban J connectivity index is 1.59. The minimum Gasteiger partial charge on any atom is -0.274 e. The van der Waals surface area contributed by atoms with Gasteiger partial charge in [-0.25, -0.2) is 13.8 Å². The summed E-state index contributed by atoms with van der Waals surface area (Å²) in [7, 11) is 0. The van der Waals surface area contributed by atoms with Crippen LogP contribution in [0.15, 0.2) is 47.3 Å². The first-order valence-electron chi connectivity index (χ1n) is 11.3. The van der Waals surface area contributed by atoms with Gasteiger partial charge in [-0.2, -0.15) is 0 Å². The smallest absolute Gasteiger partial charge is 0.232 e. The van der Waals surface area contributed by atoms with E-state index < -0.39 is 11.6 Å². The highest BCUT2D eigenvalue weighted by molar-refractivity contribution is 5.97. The number of pyridine rings is 1. The summed E-state index contributed by atoms with van der Waals surface area (Å²) in [5.41, 5.74) is 3.06. The molecular weight excluding hydrogens is 382 g/mol. The number of nitrogens with zero attached hydrogens (tertiary/aromatic N) is 2. The molecule has 0 N–H and O–H groups in total. The van der Waals surface area contributed by atoms with Gasteiger partial charge in [0.2, 0.25) is 5.91 Å². The number of hydrogen-bond donors (Lipinski definition) is 0. The van der Waals surface area contributed by atoms with E-state index in [4.69, 9.17) is 0 Å². The van der Waals surface area contributed by atoms with Crippen molar-refractivity contribution in [2.24, 2.45) is 23.7 Å². The molecular formula is C25H28F2N2O. The van der Waals surface area contributed by atoms with Crippen LogP contribution >= 0.6 is 0 Å². The first kappa shape index (κ1) is 19.7. The van der Waals surface area contributed by atoms with E-state index in [0.717, 1.165) is 48.2 Å². The predicted molar refractivity (Wildman–Crippen MR) is 112 cm³/mol. The molecule has 5 heteroatoms. The van der Waals surface area contributed by atoms with Gasteiger partial charge in [0.15, 0.2) is 11.6 Å². The van der Waals surface area contributed by atoms with Crippen LogP contribution in [0.5, 0.6) is 0 Å². The third kappa shape index (κ3) is 3.14. The first-order valence-corrected chi connectivity index (χ1v) is 11.3. The molecule has 3 nitrogen and oxygen atoms in total. The molecule has 5 rings (SSSR count). The van der Waals surface area contributed by atoms with Crippen LogP contribution in [-0.4, -0.2) is 10.9 Å². The number of anilines is 1. The molecule has 1 heterocycles. The van der Waals surface area contributed by atoms with Crippen molar-refractivity contribution < 1.29 is 13.6 Å². The maximum absolute atomic E-state index is 14.7. The molecule has 2 saturated carbocycles. The molecule has 2 fully saturated rings. The average molecular weight is 411 g/mol. The van der Waals surface area contributed by atoms with Crippen LogP contribution in [-0.2, 0) is 4.79 Å². The molecule has 4 aliphatic rings. The van der Waals surface area contributed by atoms with E-state index in [-0.39, 0.29) is 18.1 Å². The quantitative estimate of drug-likeness (QED) is 0.604. The minimum absolute atomic E-state index is 0.106. The number of rotatable bonds is 3. The molecule has 1 aromatic rings. The number of amides is 1. The monoisotopic (exact) mass is 410 g/mol. The number of carbonyl (C=O) groups excluding carboxylic acids is 1. The standard InChI is InChI=1S/C25H28F2N2O/c1-2-23(30)29(25-21(27)13-17(26)14-28-25)22-12-9-16-8-10-19-18-6-4-3-5-15(18)7-11-20(19)24(16)22/h8-9,12-15,18-20H,2-7,10-11H2,1H3. The van der Waals surface area contributed by atoms with Crippen molar-refractivity contribution in [2.75, 3.05) is 4.90 Å². The Hall–Kier alpha value is -2.30. The maximum Gasteiger partial charge on any atom is 0.232 e. The lowest BCUT2D eigenvalue weighted by atomic mass is 9.57. The van der Waals surface area contributed by atoms with Gasteiger partial charge in [-0.1, -0.05) is 38.3 Å². The van der Waals surface area contributed by atoms with E-state index in [0.29, 0.717) is 11.8 Å². The fourth-order valence-electron chi connectivity index (χ4n) is 6.39. The lowest BCUT2D eigenvalue weighted by Crippen LogP contribution is -2.40. The number of halogens is 2. The first-order chi connectivity index (χ1) is 14.6. The number of fused-ring (bicyclic) bond motifs is 5. The van der Waals surface area contributed by atoms with Crippen molar-refractivity contribution >= 4 is 11.7 Å². The van der Waals surface area contributed by atoms with Gasteiger partial charge in [0.1, 0.15) is 5.82 Å². The Bertz CT molecular complexity index is 964. The van der Waals surface area contributed by atoms with E-state index in [2.05, 4.69) is 11.1 Å². The van der Waals surface area contributed by atoms with E-state index in [9.17, 15) is 13.6 Å². The van der Waals surface area contributed by atoms with Gasteiger partial charge < -0.3 is 0 Å². The molecule has 1 aromatic heterocycles. The SMILES string of the molecule is CCC(=O)N(C1=C2C(=CCC3C2CCC2CCCCC23)C=C1)c1ncc(F)cc1F. The van der Waals surface area contributed by atoms with E-state index >= 15 is 0 Å². The van der Waals surface area contributed by atoms with Gasteiger partial charge in [0.05, 0.1) is 11.9 Å². The molecule has 0 aliphatic heterocycles. The Morgan fingerprint density at radius 3 is 2.77 bits per heavy atom. The zero-order valence-corrected chi connectivity index (χ0v) is 17.4. The Kier molecular flexibility index (Phi) is 5.08. The highest BCUT2D eigenvalue weighted by atomic mass is 19.1. The average Bonchev–Trinajstić information content (AvgIpc) is 3.19. The van der Waals surface area contributed by atoms with Gasteiger partial charge in [-0.05, 0) is 66.6 Å². The van der Waals surface area contributed by atoms with Gasteiger partial charge >= 0.3 is 0 Å². The predicted octanol–water partition coefficient (Wildman–Crippen LogP) is 6.09. The Morgan fingerprint density at radius 1 is 1.13 bits per heavy atom. The zero-order chi connectivity index (χ0) is 20.8. The van der Waals surface area contributed by atoms with Crippen LogP contribution in [0.2, 0.25) is 0 Å². The molecule has 4 unspecified atom stereocenters. The third-order valence-corrected chi connectivity index (χ3v) is 7.66. The molecule has 1 amide bonds. The second-order valence-electron chi connectivity index (χ2n) is 9.13. The summed E-state index contributed by atoms with van der Waals surface area (Å²) < 4.78 is 28.1. The lowest BCUT2D eigenvalue weighted by molar-refractivity contribution is -0.117. The number of allylic oxidation sites excluding steroid dienone is 5. The Labute approximate surface area is 176 Å². The van der Waals surface area contributed by atoms with E-state index in [1.54, 1.807) is 6.92 Å². The van der Waals surface area contributed by atoms with Crippen molar-refractivity contribution in [3.05, 3.63) is 59.0 Å². The van der Waals surface area contributed by atoms with Gasteiger partial charge in [-0.15, -0.1) is 0 Å². The molecule has 4 aliphatic carbocycles. The topological polar surface area (TPSA) is 33.2 Å². The highest BCUT2D eigenvalue weighted by Crippen LogP contribution is 2.55. The summed E-state index contributed by atoms with van der Waals surface area (Å²) in [6, 6.07) is 0.801. The van der Waals surface area contributed by atoms with Crippen LogP contribution in [0.3, 0.4) is 0 Å². The minimum atomic E-state index is -0.806. The summed E-state index contributed by atoms with van der Waals surface area (Å²) in [6.45, 7) is 1.76. The molecule has 158 valence electrons. The molecule has 0 saturated heterocycles. The van der Waals surface area contributed by atoms with Crippen molar-refractivity contribution in [2.45, 2.75) is 58.3 Å². The summed E-state index contributed by atoms with van der Waals surface area (Å²) in [4.78, 5) is 18.3. The summed E-state index contributed by atoms with van der Waals surface area (Å²) >= 11 is 0. The lowest BCUT2D eigenvalue weighted by Gasteiger charge is -2.48. The number of hydrogen-bond acceptors (Lipinski definition) is 2. The molecule has 0 radical (unpaired) electrons. The maximum atomic E-state index is 14.7. The number of aromatic nitrogens is 1. The van der Waals surface area contributed by atoms with Crippen LogP contribution in [0, 0.1) is 35.3 Å². The molecule has 0 spiro atoms. The fourth-order valence-corrected chi connectivity index (χ4v) is 6.39. The van der Waals surface area contributed by atoms with Crippen LogP contribution in [0.4, 0.5) is 14.6 Å². The van der Waals surface area contributed by atoms with Crippen LogP contribution < -0.4 is 4.90 Å². The summed E-state index contributed by atoms with van der Waals surface area (Å²) in [6.07, 6.45) is 16.2. The van der Waals surface area contributed by atoms with E-state index in [1.807, 2.05) is 12.2 Å². The van der Waals surface area contributed by atoms with Crippen molar-refractivity contribution in [1.82, 2.24) is 4.98 Å². The summed E-state index contributed by atoms with van der Waals surface area (Å²) in [5, 5.41) is 0. The third-order valence-electron chi connectivity index (χ3n) is 7.66. The Morgan fingerprint density at radius 2 is 1.97 bits per heavy atom. The zero-order valence-electron chi connectivity index (χ0n) is 17.4. The fraction of sp³-hybridized carbons (Fsp3) is 0.520. The van der Waals surface area contributed by atoms with Crippen LogP contribution in [0.1, 0.15) is 58.3 Å². The molecule has 30 heavy (non-hydrogen) atoms. The van der Waals surface area contributed by atoms with Crippen LogP contribution in [0.25, 0.3) is 0 Å². The number of carbonyl (C=O) groups is 1. The van der Waals surface area contributed by atoms with Crippen molar-refractivity contribution in [3.8, 4) is 0 Å². The van der Waals surface area contributed by atoms with Crippen molar-refractivity contribution in [3.63, 3.8) is 0 Å². The normalized spacial score (nSPS) is 29.8. The van der Waals surface area contributed by atoms with Gasteiger partial charge in [0.25, 0.3) is 0 Å². The second-order valence-corrected chi connectivity index (χ2v) is 9.13. The highest BCUT2D eigenvalue weighted by Gasteiger charge is 2.45. The summed E-state index contributed by atoms with van der Waals surface area (Å²) in [5.74, 6) is 0.693. The largest absolute Gasteiger partial charge is 0.274 e. The molecule has 0 aromatic carbocycles. The van der Waals surface area contributed by atoms with Gasteiger partial charge in [-0.3, -0.25) is 9.69 Å². The van der Waals surface area contributed by atoms with Crippen molar-refractivity contribution in [1.29, 1.82) is 0 Å². The molecule has 0 bridgehead atoms.